The van der Waals surface area contributed by atoms with Crippen molar-refractivity contribution < 1.29 is 9.53 Å². The Bertz CT molecular complexity index is 1540. The minimum atomic E-state index is -0.630. The summed E-state index contributed by atoms with van der Waals surface area (Å²) in [7, 11) is 0. The summed E-state index contributed by atoms with van der Waals surface area (Å²) in [5, 5.41) is 0. The van der Waals surface area contributed by atoms with Gasteiger partial charge in [0.1, 0.15) is 11.6 Å². The second-order valence-corrected chi connectivity index (χ2v) is 10.5. The van der Waals surface area contributed by atoms with Gasteiger partial charge in [0.25, 0.3) is 0 Å². The third-order valence-electron chi connectivity index (χ3n) is 7.94. The summed E-state index contributed by atoms with van der Waals surface area (Å²) in [5.41, 5.74) is 6.44. The lowest BCUT2D eigenvalue weighted by Gasteiger charge is -2.37. The quantitative estimate of drug-likeness (QED) is 0.103. The first kappa shape index (κ1) is 26.7. The molecule has 1 fully saturated rings. The number of ether oxygens (including phenoxy) is 1. The Labute approximate surface area is 242 Å². The van der Waals surface area contributed by atoms with Crippen LogP contribution in [0.5, 0.6) is 0 Å². The van der Waals surface area contributed by atoms with Gasteiger partial charge in [0.2, 0.25) is 0 Å². The Morgan fingerprint density at radius 1 is 0.829 bits per heavy atom. The molecule has 0 amide bonds. The summed E-state index contributed by atoms with van der Waals surface area (Å²) < 4.78 is 7.99. The van der Waals surface area contributed by atoms with Gasteiger partial charge < -0.3 is 9.30 Å². The van der Waals surface area contributed by atoms with Crippen LogP contribution in [0.1, 0.15) is 48.4 Å². The lowest BCUT2D eigenvalue weighted by molar-refractivity contribution is -0.132. The van der Waals surface area contributed by atoms with Crippen molar-refractivity contribution in [2.24, 2.45) is 0 Å². The van der Waals surface area contributed by atoms with E-state index in [4.69, 9.17) is 9.72 Å². The molecule has 4 heteroatoms. The van der Waals surface area contributed by atoms with Gasteiger partial charge in [0, 0.05) is 30.4 Å². The second-order valence-electron chi connectivity index (χ2n) is 10.5. The number of benzene rings is 4. The Kier molecular flexibility index (Phi) is 7.75. The topological polar surface area (TPSA) is 44.1 Å². The van der Waals surface area contributed by atoms with Gasteiger partial charge in [-0.2, -0.15) is 0 Å². The fraction of sp³-hybridized carbons (Fsp3) is 0.189. The fourth-order valence-corrected chi connectivity index (χ4v) is 5.78. The molecule has 0 N–H and O–H groups in total. The molecule has 0 spiro atoms. The van der Waals surface area contributed by atoms with Crippen molar-refractivity contribution >= 4 is 11.9 Å². The summed E-state index contributed by atoms with van der Waals surface area (Å²) in [4.78, 5) is 17.7. The zero-order chi connectivity index (χ0) is 28.1. The fourth-order valence-electron chi connectivity index (χ4n) is 5.78. The SMILES string of the molecule is CCCCOC1C/C(=C\c2ccccc2-c2cn(C(c3ccccc3)(c3ccccc3)c3ccccc3)cn2)C1=O. The molecule has 4 aromatic carbocycles. The largest absolute Gasteiger partial charge is 0.370 e. The van der Waals surface area contributed by atoms with E-state index in [-0.39, 0.29) is 11.9 Å². The van der Waals surface area contributed by atoms with Crippen LogP contribution in [-0.4, -0.2) is 28.0 Å². The summed E-state index contributed by atoms with van der Waals surface area (Å²) in [6, 6.07) is 39.9. The van der Waals surface area contributed by atoms with Gasteiger partial charge in [0.15, 0.2) is 5.78 Å². The lowest BCUT2D eigenvalue weighted by atomic mass is 9.76. The molecule has 1 unspecified atom stereocenters. The number of Topliss-reactive ketones (excluding diaryl/α,β-unsaturated/α-hetero) is 1. The smallest absolute Gasteiger partial charge is 0.188 e. The molecule has 0 bridgehead atoms. The van der Waals surface area contributed by atoms with Crippen LogP contribution >= 0.6 is 0 Å². The second kappa shape index (κ2) is 11.9. The number of rotatable bonds is 10. The molecule has 1 atom stereocenters. The molecule has 6 rings (SSSR count). The number of aromatic nitrogens is 2. The monoisotopic (exact) mass is 538 g/mol. The van der Waals surface area contributed by atoms with Crippen LogP contribution in [0.15, 0.2) is 133 Å². The molecule has 41 heavy (non-hydrogen) atoms. The predicted molar refractivity (Wildman–Crippen MR) is 165 cm³/mol. The number of ketones is 1. The first-order valence-electron chi connectivity index (χ1n) is 14.4. The Morgan fingerprint density at radius 2 is 1.39 bits per heavy atom. The third kappa shape index (κ3) is 5.07. The highest BCUT2D eigenvalue weighted by Gasteiger charge is 2.38. The molecule has 1 aliphatic rings. The van der Waals surface area contributed by atoms with Crippen LogP contribution in [-0.2, 0) is 15.1 Å². The standard InChI is InChI=1S/C37H34N2O2/c1-2-3-23-41-35-25-29(36(35)40)24-28-15-13-14-22-33(28)34-26-39(27-38-34)37(30-16-7-4-8-17-30,31-18-9-5-10-19-31)32-20-11-6-12-21-32/h4-22,24,26-27,35H,2-3,23,25H2,1H3/b29-24+. The zero-order valence-electron chi connectivity index (χ0n) is 23.3. The molecular weight excluding hydrogens is 504 g/mol. The van der Waals surface area contributed by atoms with Crippen LogP contribution in [0.3, 0.4) is 0 Å². The first-order valence-corrected chi connectivity index (χ1v) is 14.4. The zero-order valence-corrected chi connectivity index (χ0v) is 23.3. The highest BCUT2D eigenvalue weighted by atomic mass is 16.5. The van der Waals surface area contributed by atoms with Gasteiger partial charge in [-0.25, -0.2) is 4.98 Å². The van der Waals surface area contributed by atoms with Gasteiger partial charge >= 0.3 is 0 Å². The number of carbonyl (C=O) groups is 1. The minimum absolute atomic E-state index is 0.0951. The van der Waals surface area contributed by atoms with Crippen molar-refractivity contribution in [3.05, 3.63) is 156 Å². The van der Waals surface area contributed by atoms with E-state index in [0.717, 1.165) is 51.9 Å². The molecule has 0 radical (unpaired) electrons. The van der Waals surface area contributed by atoms with Crippen molar-refractivity contribution in [3.63, 3.8) is 0 Å². The molecule has 1 heterocycles. The number of unbranched alkanes of at least 4 members (excludes halogenated alkanes) is 1. The van der Waals surface area contributed by atoms with Gasteiger partial charge in [-0.1, -0.05) is 129 Å². The van der Waals surface area contributed by atoms with Gasteiger partial charge in [-0.05, 0) is 34.8 Å². The number of imidazole rings is 1. The number of hydrogen-bond donors (Lipinski definition) is 0. The van der Waals surface area contributed by atoms with E-state index in [1.807, 2.05) is 24.5 Å². The Balaban J connectivity index is 1.43. The minimum Gasteiger partial charge on any atom is -0.370 e. The molecule has 1 aromatic heterocycles. The molecule has 1 saturated carbocycles. The van der Waals surface area contributed by atoms with Crippen LogP contribution < -0.4 is 0 Å². The first-order chi connectivity index (χ1) is 20.2. The van der Waals surface area contributed by atoms with Gasteiger partial charge in [0.05, 0.1) is 12.0 Å². The summed E-state index contributed by atoms with van der Waals surface area (Å²) in [6.45, 7) is 2.76. The van der Waals surface area contributed by atoms with Crippen molar-refractivity contribution in [1.82, 2.24) is 9.55 Å². The maximum absolute atomic E-state index is 12.8. The van der Waals surface area contributed by atoms with E-state index in [1.165, 1.54) is 0 Å². The number of hydrogen-bond acceptors (Lipinski definition) is 3. The van der Waals surface area contributed by atoms with E-state index in [2.05, 4.69) is 121 Å². The third-order valence-corrected chi connectivity index (χ3v) is 7.94. The maximum Gasteiger partial charge on any atom is 0.188 e. The van der Waals surface area contributed by atoms with E-state index in [0.29, 0.717) is 13.0 Å². The van der Waals surface area contributed by atoms with Crippen LogP contribution in [0.2, 0.25) is 0 Å². The van der Waals surface area contributed by atoms with Crippen molar-refractivity contribution in [3.8, 4) is 11.3 Å². The average molecular weight is 539 g/mol. The molecule has 0 saturated heterocycles. The van der Waals surface area contributed by atoms with Crippen molar-refractivity contribution in [1.29, 1.82) is 0 Å². The van der Waals surface area contributed by atoms with Crippen molar-refractivity contribution in [2.75, 3.05) is 6.61 Å². The highest BCUT2D eigenvalue weighted by molar-refractivity contribution is 6.09. The lowest BCUT2D eigenvalue weighted by Crippen LogP contribution is -2.37. The average Bonchev–Trinajstić information content (AvgIpc) is 3.52. The van der Waals surface area contributed by atoms with E-state index < -0.39 is 5.54 Å². The molecule has 4 nitrogen and oxygen atoms in total. The summed E-state index contributed by atoms with van der Waals surface area (Å²) >= 11 is 0. The predicted octanol–water partition coefficient (Wildman–Crippen LogP) is 7.93. The number of carbonyl (C=O) groups excluding carboxylic acids is 1. The summed E-state index contributed by atoms with van der Waals surface area (Å²) in [6.07, 6.45) is 8.46. The summed E-state index contributed by atoms with van der Waals surface area (Å²) in [5.74, 6) is 0.0951. The molecule has 5 aromatic rings. The van der Waals surface area contributed by atoms with E-state index >= 15 is 0 Å². The number of nitrogens with zero attached hydrogens (tertiary/aromatic N) is 2. The molecular formula is C37H34N2O2. The van der Waals surface area contributed by atoms with Crippen LogP contribution in [0.25, 0.3) is 17.3 Å². The van der Waals surface area contributed by atoms with Crippen molar-refractivity contribution in [2.45, 2.75) is 37.8 Å². The molecule has 1 aliphatic carbocycles. The van der Waals surface area contributed by atoms with E-state index in [9.17, 15) is 4.79 Å². The molecule has 204 valence electrons. The van der Waals surface area contributed by atoms with Gasteiger partial charge in [-0.15, -0.1) is 0 Å². The van der Waals surface area contributed by atoms with Crippen LogP contribution in [0, 0.1) is 0 Å². The Morgan fingerprint density at radius 3 is 1.95 bits per heavy atom. The van der Waals surface area contributed by atoms with E-state index in [1.54, 1.807) is 0 Å². The molecule has 0 aliphatic heterocycles. The maximum atomic E-state index is 12.8. The van der Waals surface area contributed by atoms with Crippen LogP contribution in [0.4, 0.5) is 0 Å². The normalized spacial score (nSPS) is 16.1. The Hall–Kier alpha value is -4.54. The highest BCUT2D eigenvalue weighted by Crippen LogP contribution is 2.41. The van der Waals surface area contributed by atoms with Gasteiger partial charge in [-0.3, -0.25) is 4.79 Å².